The van der Waals surface area contributed by atoms with E-state index in [1.165, 1.54) is 4.90 Å². The number of unbranched alkanes of at least 4 members (excludes halogenated alkanes) is 1. The first kappa shape index (κ1) is 17.9. The molecule has 6 nitrogen and oxygen atoms in total. The van der Waals surface area contributed by atoms with Crippen LogP contribution in [0, 0.1) is 0 Å². The zero-order chi connectivity index (χ0) is 17.8. The van der Waals surface area contributed by atoms with Crippen molar-refractivity contribution in [1.82, 2.24) is 9.80 Å². The molecule has 0 N–H and O–H groups in total. The van der Waals surface area contributed by atoms with Crippen LogP contribution in [0.5, 0.6) is 11.5 Å². The highest BCUT2D eigenvalue weighted by Gasteiger charge is 2.44. The number of urea groups is 1. The van der Waals surface area contributed by atoms with Crippen LogP contribution >= 0.6 is 11.8 Å². The number of carbonyl (C=O) groups is 2. The summed E-state index contributed by atoms with van der Waals surface area (Å²) < 4.78 is 10.7. The topological polar surface area (TPSA) is 59.1 Å². The normalized spacial score (nSPS) is 19.2. The molecule has 1 saturated heterocycles. The van der Waals surface area contributed by atoms with Crippen molar-refractivity contribution < 1.29 is 19.1 Å². The van der Waals surface area contributed by atoms with Gasteiger partial charge in [-0.1, -0.05) is 19.4 Å². The van der Waals surface area contributed by atoms with Gasteiger partial charge in [-0.2, -0.15) is 11.8 Å². The molecule has 1 unspecified atom stereocenters. The molecule has 1 fully saturated rings. The Bertz CT molecular complexity index is 652. The number of hydrogen-bond acceptors (Lipinski definition) is 5. The number of fused-ring (bicyclic) bond motifs is 1. The molecule has 0 aromatic heterocycles. The largest absolute Gasteiger partial charge is 0.454 e. The summed E-state index contributed by atoms with van der Waals surface area (Å²) in [6, 6.07) is 5.11. The minimum absolute atomic E-state index is 0.0618. The van der Waals surface area contributed by atoms with E-state index < -0.39 is 0 Å². The van der Waals surface area contributed by atoms with Gasteiger partial charge in [0.1, 0.15) is 6.04 Å². The Morgan fingerprint density at radius 3 is 2.80 bits per heavy atom. The average molecular weight is 364 g/mol. The monoisotopic (exact) mass is 364 g/mol. The van der Waals surface area contributed by atoms with Gasteiger partial charge in [-0.15, -0.1) is 0 Å². The predicted molar refractivity (Wildman–Crippen MR) is 96.9 cm³/mol. The van der Waals surface area contributed by atoms with E-state index in [1.54, 1.807) is 16.7 Å². The summed E-state index contributed by atoms with van der Waals surface area (Å²) in [6.45, 7) is 3.19. The van der Waals surface area contributed by atoms with Gasteiger partial charge in [-0.05, 0) is 42.5 Å². The maximum atomic E-state index is 12.8. The molecule has 0 radical (unpaired) electrons. The first-order valence-corrected chi connectivity index (χ1v) is 10.0. The van der Waals surface area contributed by atoms with Gasteiger partial charge in [-0.3, -0.25) is 9.69 Å². The molecule has 1 aromatic carbocycles. The fraction of sp³-hybridized carbons (Fsp3) is 0.556. The van der Waals surface area contributed by atoms with Crippen molar-refractivity contribution in [2.24, 2.45) is 0 Å². The third-order valence-electron chi connectivity index (χ3n) is 4.52. The minimum Gasteiger partial charge on any atom is -0.454 e. The number of thioether (sulfide) groups is 1. The minimum atomic E-state index is -0.373. The Balaban J connectivity index is 1.78. The fourth-order valence-electron chi connectivity index (χ4n) is 3.14. The maximum Gasteiger partial charge on any atom is 0.327 e. The van der Waals surface area contributed by atoms with Crippen molar-refractivity contribution in [3.8, 4) is 11.5 Å². The molecule has 0 bridgehead atoms. The second-order valence-corrected chi connectivity index (χ2v) is 7.22. The molecule has 2 heterocycles. The molecule has 3 amide bonds. The fourth-order valence-corrected chi connectivity index (χ4v) is 3.60. The smallest absolute Gasteiger partial charge is 0.327 e. The van der Waals surface area contributed by atoms with Gasteiger partial charge >= 0.3 is 6.03 Å². The number of amides is 3. The summed E-state index contributed by atoms with van der Waals surface area (Å²) in [5, 5.41) is 0. The van der Waals surface area contributed by atoms with Crippen molar-refractivity contribution in [1.29, 1.82) is 0 Å². The van der Waals surface area contributed by atoms with E-state index in [0.29, 0.717) is 25.3 Å². The maximum absolute atomic E-state index is 12.8. The molecule has 3 rings (SSSR count). The van der Waals surface area contributed by atoms with Crippen LogP contribution in [0.2, 0.25) is 0 Å². The van der Waals surface area contributed by atoms with Gasteiger partial charge in [0.15, 0.2) is 11.5 Å². The lowest BCUT2D eigenvalue weighted by Crippen LogP contribution is -2.35. The van der Waals surface area contributed by atoms with Crippen LogP contribution < -0.4 is 9.47 Å². The number of imide groups is 1. The lowest BCUT2D eigenvalue weighted by atomic mass is 10.1. The first-order valence-electron chi connectivity index (χ1n) is 8.65. The molecular formula is C18H24N2O4S. The Hall–Kier alpha value is -1.89. The molecule has 2 aliphatic heterocycles. The molecular weight excluding hydrogens is 340 g/mol. The zero-order valence-electron chi connectivity index (χ0n) is 14.7. The van der Waals surface area contributed by atoms with E-state index in [0.717, 1.165) is 29.9 Å². The number of hydrogen-bond donors (Lipinski definition) is 0. The van der Waals surface area contributed by atoms with Crippen molar-refractivity contribution in [2.45, 2.75) is 38.8 Å². The van der Waals surface area contributed by atoms with E-state index in [4.69, 9.17) is 9.47 Å². The number of carbonyl (C=O) groups excluding carboxylic acids is 2. The molecule has 1 aromatic rings. The van der Waals surface area contributed by atoms with Crippen molar-refractivity contribution >= 4 is 23.7 Å². The Morgan fingerprint density at radius 1 is 1.24 bits per heavy atom. The van der Waals surface area contributed by atoms with Gasteiger partial charge < -0.3 is 14.4 Å². The van der Waals surface area contributed by atoms with E-state index in [2.05, 4.69) is 6.92 Å². The van der Waals surface area contributed by atoms with Crippen LogP contribution in [-0.2, 0) is 11.3 Å². The summed E-state index contributed by atoms with van der Waals surface area (Å²) in [7, 11) is 0. The molecule has 0 saturated carbocycles. The predicted octanol–water partition coefficient (Wildman–Crippen LogP) is 3.10. The highest BCUT2D eigenvalue weighted by molar-refractivity contribution is 7.98. The first-order chi connectivity index (χ1) is 12.2. The van der Waals surface area contributed by atoms with Crippen LogP contribution in [-0.4, -0.2) is 53.1 Å². The van der Waals surface area contributed by atoms with Gasteiger partial charge in [0, 0.05) is 13.1 Å². The van der Waals surface area contributed by atoms with Gasteiger partial charge in [-0.25, -0.2) is 4.79 Å². The van der Waals surface area contributed by atoms with Crippen LogP contribution in [0.4, 0.5) is 4.79 Å². The third kappa shape index (κ3) is 3.71. The molecule has 1 atom stereocenters. The standard InChI is InChI=1S/C18H24N2O4S/c1-3-4-8-19-17(21)14(7-9-25-2)20(18(19)22)11-13-5-6-15-16(10-13)24-12-23-15/h5-6,10,14H,3-4,7-9,11-12H2,1-2H3. The average Bonchev–Trinajstić information content (AvgIpc) is 3.16. The summed E-state index contributed by atoms with van der Waals surface area (Å²) in [4.78, 5) is 28.6. The van der Waals surface area contributed by atoms with Crippen molar-refractivity contribution in [2.75, 3.05) is 25.3 Å². The molecule has 136 valence electrons. The van der Waals surface area contributed by atoms with Crippen LogP contribution in [0.25, 0.3) is 0 Å². The highest BCUT2D eigenvalue weighted by Crippen LogP contribution is 2.33. The second kappa shape index (κ2) is 7.99. The number of ether oxygens (including phenoxy) is 2. The lowest BCUT2D eigenvalue weighted by molar-refractivity contribution is -0.128. The Kier molecular flexibility index (Phi) is 5.73. The molecule has 2 aliphatic rings. The molecule has 7 heteroatoms. The second-order valence-electron chi connectivity index (χ2n) is 6.24. The zero-order valence-corrected chi connectivity index (χ0v) is 15.5. The summed E-state index contributed by atoms with van der Waals surface area (Å²) >= 11 is 1.69. The van der Waals surface area contributed by atoms with Gasteiger partial charge in [0.2, 0.25) is 6.79 Å². The van der Waals surface area contributed by atoms with Gasteiger partial charge in [0.25, 0.3) is 5.91 Å². The van der Waals surface area contributed by atoms with Gasteiger partial charge in [0.05, 0.1) is 0 Å². The number of nitrogens with zero attached hydrogens (tertiary/aromatic N) is 2. The number of rotatable bonds is 8. The van der Waals surface area contributed by atoms with E-state index >= 15 is 0 Å². The Morgan fingerprint density at radius 2 is 2.04 bits per heavy atom. The van der Waals surface area contributed by atoms with Crippen molar-refractivity contribution in [3.05, 3.63) is 23.8 Å². The van der Waals surface area contributed by atoms with Crippen molar-refractivity contribution in [3.63, 3.8) is 0 Å². The molecule has 25 heavy (non-hydrogen) atoms. The summed E-state index contributed by atoms with van der Waals surface area (Å²) in [6.07, 6.45) is 4.48. The van der Waals surface area contributed by atoms with E-state index in [1.807, 2.05) is 24.5 Å². The van der Waals surface area contributed by atoms with Crippen LogP contribution in [0.3, 0.4) is 0 Å². The van der Waals surface area contributed by atoms with E-state index in [9.17, 15) is 9.59 Å². The molecule has 0 spiro atoms. The lowest BCUT2D eigenvalue weighted by Gasteiger charge is -2.22. The SMILES string of the molecule is CCCCN1C(=O)C(CCSC)N(Cc2ccc3c(c2)OCO3)C1=O. The summed E-state index contributed by atoms with van der Waals surface area (Å²) in [5.41, 5.74) is 0.942. The third-order valence-corrected chi connectivity index (χ3v) is 5.17. The Labute approximate surface area is 152 Å². The summed E-state index contributed by atoms with van der Waals surface area (Å²) in [5.74, 6) is 2.20. The molecule has 0 aliphatic carbocycles. The van der Waals surface area contributed by atoms with Crippen LogP contribution in [0.1, 0.15) is 31.7 Å². The van der Waals surface area contributed by atoms with Crippen LogP contribution in [0.15, 0.2) is 18.2 Å². The highest BCUT2D eigenvalue weighted by atomic mass is 32.2. The quantitative estimate of drug-likeness (QED) is 0.664. The van der Waals surface area contributed by atoms with E-state index in [-0.39, 0.29) is 24.8 Å². The number of benzene rings is 1.